The maximum Gasteiger partial charge on any atom is 0.193 e. The molecule has 86 valence electrons. The van der Waals surface area contributed by atoms with Crippen molar-refractivity contribution >= 4 is 33.7 Å². The number of hydrogen-bond acceptors (Lipinski definition) is 5. The van der Waals surface area contributed by atoms with E-state index in [1.165, 1.54) is 0 Å². The largest absolute Gasteiger partial charge is 0.397 e. The average Bonchev–Trinajstić information content (AvgIpc) is 2.88. The zero-order valence-electron chi connectivity index (χ0n) is 8.91. The van der Waals surface area contributed by atoms with E-state index < -0.39 is 0 Å². The molecule has 3 aromatic rings. The van der Waals surface area contributed by atoms with Gasteiger partial charge in [0.1, 0.15) is 5.03 Å². The molecular weight excluding hydrogens is 252 g/mol. The number of fused-ring (bicyclic) bond motifs is 1. The number of nitrogen functional groups attached to an aromatic ring is 1. The molecule has 0 aliphatic rings. The zero-order chi connectivity index (χ0) is 11.7. The lowest BCUT2D eigenvalue weighted by Crippen LogP contribution is -1.91. The molecule has 0 aliphatic heterocycles. The molecule has 0 saturated carbocycles. The zero-order valence-corrected chi connectivity index (χ0v) is 10.5. The number of thiazole rings is 1. The highest BCUT2D eigenvalue weighted by Crippen LogP contribution is 2.25. The van der Waals surface area contributed by atoms with Gasteiger partial charge in [0.15, 0.2) is 4.96 Å². The molecule has 0 fully saturated rings. The maximum absolute atomic E-state index is 5.83. The minimum Gasteiger partial charge on any atom is -0.397 e. The molecule has 3 aromatic heterocycles. The fraction of sp³-hybridized carbons (Fsp3) is 0.0909. The molecule has 0 atom stereocenters. The number of aromatic nitrogens is 3. The van der Waals surface area contributed by atoms with Crippen molar-refractivity contribution in [3.63, 3.8) is 0 Å². The van der Waals surface area contributed by atoms with Gasteiger partial charge in [0.2, 0.25) is 0 Å². The first kappa shape index (κ1) is 10.6. The predicted octanol–water partition coefficient (Wildman–Crippen LogP) is 2.67. The van der Waals surface area contributed by atoms with Crippen LogP contribution in [-0.4, -0.2) is 14.4 Å². The van der Waals surface area contributed by atoms with Crippen LogP contribution >= 0.6 is 23.1 Å². The third-order valence-corrected chi connectivity index (χ3v) is 4.13. The normalized spacial score (nSPS) is 11.1. The lowest BCUT2D eigenvalue weighted by atomic mass is 10.4. The number of imidazole rings is 1. The van der Waals surface area contributed by atoms with Crippen LogP contribution in [0.25, 0.3) is 4.96 Å². The first-order valence-corrected chi connectivity index (χ1v) is 6.94. The third-order valence-electron chi connectivity index (χ3n) is 2.30. The summed E-state index contributed by atoms with van der Waals surface area (Å²) in [5.41, 5.74) is 7.60. The topological polar surface area (TPSA) is 56.2 Å². The first-order valence-electron chi connectivity index (χ1n) is 5.07. The summed E-state index contributed by atoms with van der Waals surface area (Å²) >= 11 is 3.25. The summed E-state index contributed by atoms with van der Waals surface area (Å²) in [5, 5.41) is 2.89. The van der Waals surface area contributed by atoms with Gasteiger partial charge in [0.05, 0.1) is 11.4 Å². The van der Waals surface area contributed by atoms with Gasteiger partial charge >= 0.3 is 0 Å². The number of hydrogen-bond donors (Lipinski definition) is 1. The lowest BCUT2D eigenvalue weighted by molar-refractivity contribution is 1.13. The van der Waals surface area contributed by atoms with E-state index in [1.54, 1.807) is 29.3 Å². The number of pyridine rings is 1. The fourth-order valence-corrected chi connectivity index (χ4v) is 3.02. The fourth-order valence-electron chi connectivity index (χ4n) is 1.51. The SMILES string of the molecule is Nc1cccnc1SCc1cn2ccsc2n1. The molecule has 0 radical (unpaired) electrons. The molecule has 0 amide bonds. The van der Waals surface area contributed by atoms with Crippen LogP contribution in [0.15, 0.2) is 41.1 Å². The van der Waals surface area contributed by atoms with Crippen LogP contribution in [0, 0.1) is 0 Å². The van der Waals surface area contributed by atoms with E-state index in [0.717, 1.165) is 27.1 Å². The van der Waals surface area contributed by atoms with E-state index in [0.29, 0.717) is 0 Å². The Kier molecular flexibility index (Phi) is 2.74. The number of anilines is 1. The standard InChI is InChI=1S/C11H10N4S2/c12-9-2-1-3-13-10(9)17-7-8-6-15-4-5-16-11(15)14-8/h1-6H,7,12H2. The first-order chi connectivity index (χ1) is 8.33. The number of thioether (sulfide) groups is 1. The predicted molar refractivity (Wildman–Crippen MR) is 71.3 cm³/mol. The van der Waals surface area contributed by atoms with Crippen molar-refractivity contribution in [1.29, 1.82) is 0 Å². The molecule has 3 heterocycles. The second-order valence-electron chi connectivity index (χ2n) is 3.51. The van der Waals surface area contributed by atoms with Crippen LogP contribution in [0.1, 0.15) is 5.69 Å². The highest BCUT2D eigenvalue weighted by Gasteiger charge is 2.05. The summed E-state index contributed by atoms with van der Waals surface area (Å²) in [6, 6.07) is 3.70. The van der Waals surface area contributed by atoms with Crippen LogP contribution in [-0.2, 0) is 5.75 Å². The summed E-state index contributed by atoms with van der Waals surface area (Å²) in [4.78, 5) is 9.77. The smallest absolute Gasteiger partial charge is 0.193 e. The van der Waals surface area contributed by atoms with E-state index >= 15 is 0 Å². The summed E-state index contributed by atoms with van der Waals surface area (Å²) in [7, 11) is 0. The monoisotopic (exact) mass is 262 g/mol. The second-order valence-corrected chi connectivity index (χ2v) is 5.35. The van der Waals surface area contributed by atoms with Gasteiger partial charge in [-0.2, -0.15) is 0 Å². The van der Waals surface area contributed by atoms with Crippen molar-refractivity contribution in [1.82, 2.24) is 14.4 Å². The highest BCUT2D eigenvalue weighted by molar-refractivity contribution is 7.98. The summed E-state index contributed by atoms with van der Waals surface area (Å²) in [6.45, 7) is 0. The average molecular weight is 262 g/mol. The Bertz CT molecular complexity index is 615. The van der Waals surface area contributed by atoms with E-state index in [1.807, 2.05) is 34.3 Å². The Hall–Kier alpha value is -1.53. The van der Waals surface area contributed by atoms with Gasteiger partial charge in [-0.1, -0.05) is 11.8 Å². The van der Waals surface area contributed by atoms with Gasteiger partial charge < -0.3 is 5.73 Å². The van der Waals surface area contributed by atoms with Crippen molar-refractivity contribution in [2.24, 2.45) is 0 Å². The lowest BCUT2D eigenvalue weighted by Gasteiger charge is -2.01. The van der Waals surface area contributed by atoms with Gasteiger partial charge in [0.25, 0.3) is 0 Å². The summed E-state index contributed by atoms with van der Waals surface area (Å²) in [6.07, 6.45) is 5.80. The minimum atomic E-state index is 0.721. The Morgan fingerprint density at radius 1 is 1.47 bits per heavy atom. The number of rotatable bonds is 3. The van der Waals surface area contributed by atoms with Gasteiger partial charge in [-0.25, -0.2) is 9.97 Å². The van der Waals surface area contributed by atoms with Crippen LogP contribution in [0.4, 0.5) is 5.69 Å². The molecule has 0 saturated heterocycles. The Balaban J connectivity index is 1.76. The molecule has 0 aromatic carbocycles. The molecule has 2 N–H and O–H groups in total. The quantitative estimate of drug-likeness (QED) is 0.737. The second kappa shape index (κ2) is 4.38. The van der Waals surface area contributed by atoms with Gasteiger partial charge in [-0.05, 0) is 12.1 Å². The van der Waals surface area contributed by atoms with Crippen molar-refractivity contribution in [3.05, 3.63) is 41.8 Å². The molecule has 0 bridgehead atoms. The summed E-state index contributed by atoms with van der Waals surface area (Å²) < 4.78 is 2.03. The molecule has 0 aliphatic carbocycles. The van der Waals surface area contributed by atoms with E-state index in [2.05, 4.69) is 9.97 Å². The Morgan fingerprint density at radius 3 is 3.24 bits per heavy atom. The number of nitrogens with zero attached hydrogens (tertiary/aromatic N) is 3. The maximum atomic E-state index is 5.83. The van der Waals surface area contributed by atoms with Crippen LogP contribution in [0.3, 0.4) is 0 Å². The van der Waals surface area contributed by atoms with Crippen molar-refractivity contribution in [2.45, 2.75) is 10.8 Å². The molecule has 3 rings (SSSR count). The van der Waals surface area contributed by atoms with Gasteiger partial charge in [-0.3, -0.25) is 4.40 Å². The van der Waals surface area contributed by atoms with Gasteiger partial charge in [-0.15, -0.1) is 11.3 Å². The van der Waals surface area contributed by atoms with E-state index in [9.17, 15) is 0 Å². The van der Waals surface area contributed by atoms with Crippen molar-refractivity contribution in [2.75, 3.05) is 5.73 Å². The summed E-state index contributed by atoms with van der Waals surface area (Å²) in [5.74, 6) is 0.787. The molecule has 4 nitrogen and oxygen atoms in total. The van der Waals surface area contributed by atoms with E-state index in [4.69, 9.17) is 5.73 Å². The molecule has 17 heavy (non-hydrogen) atoms. The Labute approximate surface area is 107 Å². The molecule has 0 unspecified atom stereocenters. The molecular formula is C11H10N4S2. The molecule has 0 spiro atoms. The van der Waals surface area contributed by atoms with Crippen LogP contribution < -0.4 is 5.73 Å². The van der Waals surface area contributed by atoms with Crippen molar-refractivity contribution < 1.29 is 0 Å². The van der Waals surface area contributed by atoms with Crippen LogP contribution in [0.5, 0.6) is 0 Å². The van der Waals surface area contributed by atoms with Crippen LogP contribution in [0.2, 0.25) is 0 Å². The third kappa shape index (κ3) is 2.13. The molecule has 6 heteroatoms. The minimum absolute atomic E-state index is 0.721. The Morgan fingerprint density at radius 2 is 2.41 bits per heavy atom. The van der Waals surface area contributed by atoms with Crippen molar-refractivity contribution in [3.8, 4) is 0 Å². The van der Waals surface area contributed by atoms with E-state index in [-0.39, 0.29) is 0 Å². The number of nitrogens with two attached hydrogens (primary N) is 1. The van der Waals surface area contributed by atoms with Gasteiger partial charge in [0, 0.05) is 29.7 Å². The highest BCUT2D eigenvalue weighted by atomic mass is 32.2.